The van der Waals surface area contributed by atoms with Crippen molar-refractivity contribution in [3.8, 4) is 0 Å². The van der Waals surface area contributed by atoms with Gasteiger partial charge in [-0.05, 0) is 33.2 Å². The van der Waals surface area contributed by atoms with Crippen LogP contribution in [0.2, 0.25) is 0 Å². The van der Waals surface area contributed by atoms with Gasteiger partial charge in [-0.15, -0.1) is 0 Å². The first-order valence-corrected chi connectivity index (χ1v) is 3.08. The number of hydrogen-bond donors (Lipinski definition) is 0. The zero-order chi connectivity index (χ0) is 6.20. The first-order valence-electron chi connectivity index (χ1n) is 3.08. The Balaban J connectivity index is 2.54. The minimum absolute atomic E-state index is 0.0694. The van der Waals surface area contributed by atoms with Crippen LogP contribution in [0.3, 0.4) is 0 Å². The lowest BCUT2D eigenvalue weighted by Gasteiger charge is -2.37. The van der Waals surface area contributed by atoms with Gasteiger partial charge in [0.15, 0.2) is 0 Å². The molecule has 1 saturated heterocycles. The molecule has 1 fully saturated rings. The number of rotatable bonds is 0. The first-order chi connectivity index (χ1) is 3.63. The Morgan fingerprint density at radius 3 is 2.25 bits per heavy atom. The lowest BCUT2D eigenvalue weighted by atomic mass is 10.0. The van der Waals surface area contributed by atoms with Crippen LogP contribution in [0.5, 0.6) is 0 Å². The number of nitrogens with zero attached hydrogens (tertiary/aromatic N) is 1. The average Bonchev–Trinajstić information content (AvgIpc) is 1.86. The van der Waals surface area contributed by atoms with Crippen LogP contribution in [0, 0.1) is 5.21 Å². The van der Waals surface area contributed by atoms with E-state index in [2.05, 4.69) is 0 Å². The quantitative estimate of drug-likeness (QED) is 0.475. The molecule has 1 aliphatic heterocycles. The van der Waals surface area contributed by atoms with Crippen LogP contribution in [0.1, 0.15) is 26.7 Å². The normalized spacial score (nSPS) is 28.9. The lowest BCUT2D eigenvalue weighted by Crippen LogP contribution is -2.32. The summed E-state index contributed by atoms with van der Waals surface area (Å²) in [6.45, 7) is 4.72. The Morgan fingerprint density at radius 1 is 1.50 bits per heavy atom. The van der Waals surface area contributed by atoms with Gasteiger partial charge < -0.3 is 10.3 Å². The molecule has 0 aliphatic carbocycles. The van der Waals surface area contributed by atoms with Gasteiger partial charge in [-0.2, -0.15) is 0 Å². The van der Waals surface area contributed by atoms with E-state index in [9.17, 15) is 5.21 Å². The van der Waals surface area contributed by atoms with Gasteiger partial charge >= 0.3 is 0 Å². The second-order valence-corrected chi connectivity index (χ2v) is 3.02. The molecule has 2 nitrogen and oxygen atoms in total. The van der Waals surface area contributed by atoms with Gasteiger partial charge in [0, 0.05) is 5.54 Å². The van der Waals surface area contributed by atoms with E-state index in [-0.39, 0.29) is 5.54 Å². The van der Waals surface area contributed by atoms with Crippen molar-refractivity contribution in [3.63, 3.8) is 0 Å². The molecule has 1 heterocycles. The zero-order valence-electron chi connectivity index (χ0n) is 5.48. The summed E-state index contributed by atoms with van der Waals surface area (Å²) in [6, 6.07) is 0. The summed E-state index contributed by atoms with van der Waals surface area (Å²) in [5.41, 5.74) is -0.0694. The molecular weight excluding hydrogens is 102 g/mol. The highest BCUT2D eigenvalue weighted by atomic mass is 16.5. The Morgan fingerprint density at radius 2 is 2.12 bits per heavy atom. The predicted molar refractivity (Wildman–Crippen MR) is 33.4 cm³/mol. The maximum absolute atomic E-state index is 10.8. The van der Waals surface area contributed by atoms with Crippen LogP contribution in [-0.4, -0.2) is 17.1 Å². The standard InChI is InChI=1S/C6H12NO/c1-6(2)4-3-5-7(6)8/h3-5H2,1-2H3/q-1. The summed E-state index contributed by atoms with van der Waals surface area (Å²) in [5, 5.41) is 12.0. The molecule has 48 valence electrons. The molecule has 0 spiro atoms. The number of hydroxylamine groups is 2. The summed E-state index contributed by atoms with van der Waals surface area (Å²) in [7, 11) is 0. The van der Waals surface area contributed by atoms with Gasteiger partial charge in [0.2, 0.25) is 0 Å². The third-order valence-electron chi connectivity index (χ3n) is 1.82. The van der Waals surface area contributed by atoms with Gasteiger partial charge in [-0.3, -0.25) is 0 Å². The molecule has 0 amide bonds. The molecule has 0 bridgehead atoms. The molecule has 2 heteroatoms. The Kier molecular flexibility index (Phi) is 1.29. The second-order valence-electron chi connectivity index (χ2n) is 3.02. The van der Waals surface area contributed by atoms with E-state index in [0.29, 0.717) is 0 Å². The molecule has 1 rings (SSSR count). The van der Waals surface area contributed by atoms with E-state index >= 15 is 0 Å². The lowest BCUT2D eigenvalue weighted by molar-refractivity contribution is 0.251. The average molecular weight is 114 g/mol. The van der Waals surface area contributed by atoms with E-state index in [1.165, 1.54) is 5.06 Å². The van der Waals surface area contributed by atoms with E-state index in [0.717, 1.165) is 19.4 Å². The van der Waals surface area contributed by atoms with Gasteiger partial charge in [0.1, 0.15) is 0 Å². The van der Waals surface area contributed by atoms with Crippen molar-refractivity contribution in [3.05, 3.63) is 5.21 Å². The summed E-state index contributed by atoms with van der Waals surface area (Å²) in [6.07, 6.45) is 2.12. The highest BCUT2D eigenvalue weighted by molar-refractivity contribution is 4.87. The number of hydrogen-bond acceptors (Lipinski definition) is 2. The Hall–Kier alpha value is -0.0800. The van der Waals surface area contributed by atoms with E-state index in [1.807, 2.05) is 13.8 Å². The molecule has 1 aliphatic rings. The SMILES string of the molecule is CC1(C)CCCN1[O-]. The van der Waals surface area contributed by atoms with E-state index < -0.39 is 0 Å². The van der Waals surface area contributed by atoms with Crippen LogP contribution in [0.4, 0.5) is 0 Å². The van der Waals surface area contributed by atoms with Crippen LogP contribution >= 0.6 is 0 Å². The van der Waals surface area contributed by atoms with Gasteiger partial charge in [-0.25, -0.2) is 0 Å². The molecule has 0 aromatic rings. The van der Waals surface area contributed by atoms with Crippen LogP contribution in [0.25, 0.3) is 0 Å². The fourth-order valence-electron chi connectivity index (χ4n) is 1.08. The smallest absolute Gasteiger partial charge is 0.00334 e. The summed E-state index contributed by atoms with van der Waals surface area (Å²) < 4.78 is 0. The molecule has 8 heavy (non-hydrogen) atoms. The minimum Gasteiger partial charge on any atom is -0.785 e. The molecular formula is C6H12NO-. The fourth-order valence-corrected chi connectivity index (χ4v) is 1.08. The van der Waals surface area contributed by atoms with Crippen molar-refractivity contribution in [2.75, 3.05) is 6.54 Å². The van der Waals surface area contributed by atoms with Gasteiger partial charge in [0.25, 0.3) is 0 Å². The van der Waals surface area contributed by atoms with E-state index in [4.69, 9.17) is 0 Å². The molecule has 0 saturated carbocycles. The van der Waals surface area contributed by atoms with Crippen molar-refractivity contribution in [2.45, 2.75) is 32.2 Å². The van der Waals surface area contributed by atoms with Crippen LogP contribution in [0.15, 0.2) is 0 Å². The van der Waals surface area contributed by atoms with Crippen molar-refractivity contribution in [1.29, 1.82) is 0 Å². The summed E-state index contributed by atoms with van der Waals surface area (Å²) in [4.78, 5) is 0. The van der Waals surface area contributed by atoms with Gasteiger partial charge in [0.05, 0.1) is 0 Å². The van der Waals surface area contributed by atoms with Gasteiger partial charge in [-0.1, -0.05) is 0 Å². The predicted octanol–water partition coefficient (Wildman–Crippen LogP) is 1.36. The summed E-state index contributed by atoms with van der Waals surface area (Å²) >= 11 is 0. The topological polar surface area (TPSA) is 26.3 Å². The van der Waals surface area contributed by atoms with Crippen molar-refractivity contribution in [2.24, 2.45) is 0 Å². The first kappa shape index (κ1) is 6.05. The zero-order valence-corrected chi connectivity index (χ0v) is 5.48. The molecule has 0 radical (unpaired) electrons. The highest BCUT2D eigenvalue weighted by Gasteiger charge is 2.24. The Bertz CT molecular complexity index is 90.5. The van der Waals surface area contributed by atoms with Crippen LogP contribution in [-0.2, 0) is 0 Å². The summed E-state index contributed by atoms with van der Waals surface area (Å²) in [5.74, 6) is 0. The third-order valence-corrected chi connectivity index (χ3v) is 1.82. The molecule has 0 N–H and O–H groups in total. The third kappa shape index (κ3) is 0.858. The molecule has 0 unspecified atom stereocenters. The minimum atomic E-state index is -0.0694. The monoisotopic (exact) mass is 114 g/mol. The fraction of sp³-hybridized carbons (Fsp3) is 1.00. The van der Waals surface area contributed by atoms with Crippen molar-refractivity contribution in [1.82, 2.24) is 5.06 Å². The highest BCUT2D eigenvalue weighted by Crippen LogP contribution is 2.26. The molecule has 0 aromatic heterocycles. The Labute approximate surface area is 50.1 Å². The largest absolute Gasteiger partial charge is 0.785 e. The maximum Gasteiger partial charge on any atom is 0.00334 e. The molecule has 0 atom stereocenters. The van der Waals surface area contributed by atoms with Crippen molar-refractivity contribution >= 4 is 0 Å². The van der Waals surface area contributed by atoms with Crippen molar-refractivity contribution < 1.29 is 0 Å². The maximum atomic E-state index is 10.8. The molecule has 0 aromatic carbocycles. The second kappa shape index (κ2) is 1.71. The van der Waals surface area contributed by atoms with Crippen LogP contribution < -0.4 is 0 Å². The van der Waals surface area contributed by atoms with E-state index in [1.54, 1.807) is 0 Å².